The summed E-state index contributed by atoms with van der Waals surface area (Å²) in [6.45, 7) is 1.87. The number of esters is 1. The highest BCUT2D eigenvalue weighted by Gasteiger charge is 2.37. The summed E-state index contributed by atoms with van der Waals surface area (Å²) >= 11 is 1.41. The van der Waals surface area contributed by atoms with Crippen molar-refractivity contribution in [1.82, 2.24) is 4.98 Å². The van der Waals surface area contributed by atoms with Crippen LogP contribution >= 0.6 is 11.3 Å². The minimum atomic E-state index is -0.333. The third-order valence-electron chi connectivity index (χ3n) is 5.05. The Labute approximate surface area is 163 Å². The van der Waals surface area contributed by atoms with Crippen molar-refractivity contribution >= 4 is 34.0 Å². The molecule has 1 aliphatic carbocycles. The van der Waals surface area contributed by atoms with E-state index >= 15 is 0 Å². The van der Waals surface area contributed by atoms with Gasteiger partial charge in [-0.15, -0.1) is 11.3 Å². The number of hydrogen-bond donors (Lipinski definition) is 1. The van der Waals surface area contributed by atoms with Gasteiger partial charge in [0.25, 0.3) is 0 Å². The van der Waals surface area contributed by atoms with E-state index in [9.17, 15) is 9.59 Å². The molecule has 0 spiro atoms. The molecule has 1 saturated carbocycles. The number of ether oxygens (including phenoxy) is 1. The second kappa shape index (κ2) is 8.52. The first-order valence-corrected chi connectivity index (χ1v) is 10.1. The minimum Gasteiger partial charge on any atom is -0.469 e. The molecule has 1 fully saturated rings. The van der Waals surface area contributed by atoms with Crippen LogP contribution in [0.15, 0.2) is 29.6 Å². The molecule has 2 unspecified atom stereocenters. The lowest BCUT2D eigenvalue weighted by Crippen LogP contribution is -2.41. The van der Waals surface area contributed by atoms with Crippen LogP contribution in [0.1, 0.15) is 49.8 Å². The topological polar surface area (TPSA) is 85.5 Å². The summed E-state index contributed by atoms with van der Waals surface area (Å²) in [4.78, 5) is 30.7. The Morgan fingerprint density at radius 3 is 2.70 bits per heavy atom. The predicted octanol–water partition coefficient (Wildman–Crippen LogP) is 3.52. The van der Waals surface area contributed by atoms with E-state index in [-0.39, 0.29) is 30.3 Å². The van der Waals surface area contributed by atoms with Gasteiger partial charge in [0.2, 0.25) is 5.91 Å². The monoisotopic (exact) mass is 387 g/mol. The highest BCUT2D eigenvalue weighted by molar-refractivity contribution is 7.14. The van der Waals surface area contributed by atoms with E-state index < -0.39 is 0 Å². The quantitative estimate of drug-likeness (QED) is 0.605. The van der Waals surface area contributed by atoms with Crippen molar-refractivity contribution < 1.29 is 14.3 Å². The molecule has 1 aromatic heterocycles. The van der Waals surface area contributed by atoms with Crippen LogP contribution in [0.3, 0.4) is 0 Å². The lowest BCUT2D eigenvalue weighted by atomic mass is 9.93. The number of benzene rings is 1. The van der Waals surface area contributed by atoms with Crippen molar-refractivity contribution in [2.45, 2.75) is 51.0 Å². The Bertz CT molecular complexity index is 803. The van der Waals surface area contributed by atoms with Crippen LogP contribution in [0.5, 0.6) is 0 Å². The molecule has 0 saturated heterocycles. The van der Waals surface area contributed by atoms with Crippen LogP contribution in [0.2, 0.25) is 0 Å². The third-order valence-corrected chi connectivity index (χ3v) is 5.93. The van der Waals surface area contributed by atoms with Gasteiger partial charge < -0.3 is 10.5 Å². The van der Waals surface area contributed by atoms with Crippen LogP contribution in [-0.4, -0.2) is 30.0 Å². The Kier molecular flexibility index (Phi) is 6.11. The number of aromatic nitrogens is 1. The molecule has 27 heavy (non-hydrogen) atoms. The summed E-state index contributed by atoms with van der Waals surface area (Å²) in [6.07, 6.45) is 3.56. The first kappa shape index (κ1) is 19.4. The zero-order chi connectivity index (χ0) is 19.4. The SMILES string of the molecule is CCC(=O)N(c1nc(CC(=O)OC)cs1)C1CCCC1c1ccc(N)cc1. The molecule has 1 aliphatic rings. The van der Waals surface area contributed by atoms with Gasteiger partial charge in [-0.2, -0.15) is 0 Å². The zero-order valence-corrected chi connectivity index (χ0v) is 16.5. The van der Waals surface area contributed by atoms with Crippen molar-refractivity contribution in [3.05, 3.63) is 40.9 Å². The van der Waals surface area contributed by atoms with E-state index in [1.165, 1.54) is 24.0 Å². The average molecular weight is 388 g/mol. The normalized spacial score (nSPS) is 19.0. The van der Waals surface area contributed by atoms with Crippen molar-refractivity contribution in [3.8, 4) is 0 Å². The Balaban J connectivity index is 1.89. The number of rotatable bonds is 6. The largest absolute Gasteiger partial charge is 0.469 e. The van der Waals surface area contributed by atoms with Crippen LogP contribution < -0.4 is 10.6 Å². The van der Waals surface area contributed by atoms with Crippen LogP contribution in [-0.2, 0) is 20.7 Å². The first-order valence-electron chi connectivity index (χ1n) is 9.22. The number of nitrogens with two attached hydrogens (primary N) is 1. The Morgan fingerprint density at radius 1 is 1.30 bits per heavy atom. The maximum atomic E-state index is 12.8. The molecule has 1 amide bonds. The molecular formula is C20H25N3O3S. The summed E-state index contributed by atoms with van der Waals surface area (Å²) in [5.74, 6) is -0.0174. The van der Waals surface area contributed by atoms with Gasteiger partial charge in [-0.1, -0.05) is 25.5 Å². The molecule has 2 N–H and O–H groups in total. The van der Waals surface area contributed by atoms with E-state index in [2.05, 4.69) is 17.1 Å². The van der Waals surface area contributed by atoms with Crippen molar-refractivity contribution in [3.63, 3.8) is 0 Å². The molecule has 144 valence electrons. The minimum absolute atomic E-state index is 0.0568. The van der Waals surface area contributed by atoms with E-state index in [1.807, 2.05) is 29.3 Å². The molecule has 7 heteroatoms. The van der Waals surface area contributed by atoms with Gasteiger partial charge in [-0.3, -0.25) is 14.5 Å². The van der Waals surface area contributed by atoms with Crippen molar-refractivity contribution in [2.24, 2.45) is 0 Å². The summed E-state index contributed by atoms with van der Waals surface area (Å²) < 4.78 is 4.71. The van der Waals surface area contributed by atoms with Gasteiger partial charge in [-0.05, 0) is 30.5 Å². The van der Waals surface area contributed by atoms with E-state index in [4.69, 9.17) is 10.5 Å². The smallest absolute Gasteiger partial charge is 0.311 e. The summed E-state index contributed by atoms with van der Waals surface area (Å²) in [5.41, 5.74) is 8.40. The number of carbonyl (C=O) groups is 2. The number of nitrogen functional groups attached to an aromatic ring is 1. The summed E-state index contributed by atoms with van der Waals surface area (Å²) in [5, 5.41) is 2.49. The average Bonchev–Trinajstić information content (AvgIpc) is 3.32. The predicted molar refractivity (Wildman–Crippen MR) is 107 cm³/mol. The number of amides is 1. The number of thiazole rings is 1. The van der Waals surface area contributed by atoms with Crippen LogP contribution in [0.25, 0.3) is 0 Å². The molecule has 2 atom stereocenters. The van der Waals surface area contributed by atoms with Crippen LogP contribution in [0, 0.1) is 0 Å². The van der Waals surface area contributed by atoms with Gasteiger partial charge in [0, 0.05) is 29.4 Å². The third kappa shape index (κ3) is 4.30. The van der Waals surface area contributed by atoms with Gasteiger partial charge in [0.1, 0.15) is 0 Å². The van der Waals surface area contributed by atoms with Gasteiger partial charge in [-0.25, -0.2) is 4.98 Å². The molecular weight excluding hydrogens is 362 g/mol. The van der Waals surface area contributed by atoms with Gasteiger partial charge in [0.15, 0.2) is 5.13 Å². The number of anilines is 2. The fraction of sp³-hybridized carbons (Fsp3) is 0.450. The molecule has 6 nitrogen and oxygen atoms in total. The number of nitrogens with zero attached hydrogens (tertiary/aromatic N) is 2. The highest BCUT2D eigenvalue weighted by atomic mass is 32.1. The van der Waals surface area contributed by atoms with Crippen molar-refractivity contribution in [1.29, 1.82) is 0 Å². The fourth-order valence-corrected chi connectivity index (χ4v) is 4.59. The van der Waals surface area contributed by atoms with E-state index in [1.54, 1.807) is 0 Å². The Morgan fingerprint density at radius 2 is 2.04 bits per heavy atom. The maximum Gasteiger partial charge on any atom is 0.311 e. The molecule has 0 bridgehead atoms. The molecule has 1 heterocycles. The molecule has 0 radical (unpaired) electrons. The molecule has 0 aliphatic heterocycles. The number of carbonyl (C=O) groups excluding carboxylic acids is 2. The first-order chi connectivity index (χ1) is 13.0. The summed E-state index contributed by atoms with van der Waals surface area (Å²) in [6, 6.07) is 8.00. The highest BCUT2D eigenvalue weighted by Crippen LogP contribution is 2.41. The van der Waals surface area contributed by atoms with Gasteiger partial charge >= 0.3 is 5.97 Å². The fourth-order valence-electron chi connectivity index (χ4n) is 3.69. The lowest BCUT2D eigenvalue weighted by molar-refractivity contribution is -0.139. The number of methoxy groups -OCH3 is 1. The van der Waals surface area contributed by atoms with Gasteiger partial charge in [0.05, 0.1) is 19.2 Å². The lowest BCUT2D eigenvalue weighted by Gasteiger charge is -2.31. The van der Waals surface area contributed by atoms with E-state index in [0.29, 0.717) is 17.2 Å². The maximum absolute atomic E-state index is 12.8. The zero-order valence-electron chi connectivity index (χ0n) is 15.7. The standard InChI is InChI=1S/C20H25N3O3S/c1-3-18(24)23(20-22-15(12-27-20)11-19(25)26-2)17-6-4-5-16(17)13-7-9-14(21)10-8-13/h7-10,12,16-17H,3-6,11,21H2,1-2H3. The second-order valence-electron chi connectivity index (χ2n) is 6.76. The molecule has 3 rings (SSSR count). The van der Waals surface area contributed by atoms with Crippen LogP contribution in [0.4, 0.5) is 10.8 Å². The Hall–Kier alpha value is -2.41. The summed E-state index contributed by atoms with van der Waals surface area (Å²) in [7, 11) is 1.36. The second-order valence-corrected chi connectivity index (χ2v) is 7.60. The van der Waals surface area contributed by atoms with E-state index in [0.717, 1.165) is 24.9 Å². The number of hydrogen-bond acceptors (Lipinski definition) is 6. The van der Waals surface area contributed by atoms with Crippen molar-refractivity contribution in [2.75, 3.05) is 17.7 Å². The molecule has 2 aromatic rings. The molecule has 1 aromatic carbocycles.